The van der Waals surface area contributed by atoms with Gasteiger partial charge < -0.3 is 9.64 Å². The molecule has 0 spiro atoms. The first-order valence-electron chi connectivity index (χ1n) is 6.80. The Morgan fingerprint density at radius 1 is 1.33 bits per heavy atom. The van der Waals surface area contributed by atoms with Crippen molar-refractivity contribution in [1.29, 1.82) is 0 Å². The molecule has 0 N–H and O–H groups in total. The highest BCUT2D eigenvalue weighted by Gasteiger charge is 2.24. The van der Waals surface area contributed by atoms with Gasteiger partial charge in [-0.3, -0.25) is 4.79 Å². The lowest BCUT2D eigenvalue weighted by Gasteiger charge is -2.21. The second-order valence-electron chi connectivity index (χ2n) is 5.16. The van der Waals surface area contributed by atoms with Crippen molar-refractivity contribution < 1.29 is 17.9 Å². The van der Waals surface area contributed by atoms with Crippen molar-refractivity contribution in [3.63, 3.8) is 0 Å². The van der Waals surface area contributed by atoms with Crippen LogP contribution < -0.4 is 4.74 Å². The fourth-order valence-corrected chi connectivity index (χ4v) is 3.61. The molecule has 7 heteroatoms. The van der Waals surface area contributed by atoms with Gasteiger partial charge in [0.1, 0.15) is 5.75 Å². The van der Waals surface area contributed by atoms with Gasteiger partial charge in [-0.15, -0.1) is 0 Å². The van der Waals surface area contributed by atoms with E-state index < -0.39 is 15.2 Å². The van der Waals surface area contributed by atoms with E-state index in [1.807, 2.05) is 0 Å². The number of carbonyl (C=O) groups is 1. The van der Waals surface area contributed by atoms with E-state index in [1.165, 1.54) is 12.1 Å². The second-order valence-corrected chi connectivity index (χ2v) is 7.69. The highest BCUT2D eigenvalue weighted by molar-refractivity contribution is 8.13. The Morgan fingerprint density at radius 3 is 2.48 bits per heavy atom. The molecule has 0 saturated carbocycles. The molecule has 1 aliphatic rings. The van der Waals surface area contributed by atoms with Crippen molar-refractivity contribution in [1.82, 2.24) is 4.90 Å². The number of aryl methyl sites for hydroxylation is 1. The number of rotatable bonds is 4. The zero-order chi connectivity index (χ0) is 15.6. The van der Waals surface area contributed by atoms with E-state index >= 15 is 0 Å². The average molecular weight is 332 g/mol. The van der Waals surface area contributed by atoms with Gasteiger partial charge in [-0.25, -0.2) is 8.42 Å². The minimum Gasteiger partial charge on any atom is -0.481 e. The van der Waals surface area contributed by atoms with Crippen LogP contribution in [0.1, 0.15) is 25.3 Å². The van der Waals surface area contributed by atoms with E-state index in [0.717, 1.165) is 25.9 Å². The van der Waals surface area contributed by atoms with Crippen LogP contribution in [-0.4, -0.2) is 38.4 Å². The minimum atomic E-state index is -3.77. The molecule has 1 aliphatic heterocycles. The number of carbonyl (C=O) groups excluding carboxylic acids is 1. The van der Waals surface area contributed by atoms with Crippen molar-refractivity contribution in [2.45, 2.75) is 37.7 Å². The number of benzene rings is 1. The van der Waals surface area contributed by atoms with Gasteiger partial charge in [0.05, 0.1) is 4.90 Å². The summed E-state index contributed by atoms with van der Waals surface area (Å²) >= 11 is 0. The first kappa shape index (κ1) is 16.1. The molecule has 2 rings (SSSR count). The zero-order valence-corrected chi connectivity index (χ0v) is 13.6. The second kappa shape index (κ2) is 6.23. The SMILES string of the molecule is Cc1cc(OC(C)C(=O)N2CCCC2)ccc1S(=O)(=O)Cl. The Kier molecular flexibility index (Phi) is 4.78. The quantitative estimate of drug-likeness (QED) is 0.794. The molecule has 1 heterocycles. The number of halogens is 1. The van der Waals surface area contributed by atoms with Crippen molar-refractivity contribution in [3.8, 4) is 5.75 Å². The van der Waals surface area contributed by atoms with Crippen molar-refractivity contribution in [2.75, 3.05) is 13.1 Å². The van der Waals surface area contributed by atoms with Gasteiger partial charge in [-0.1, -0.05) is 0 Å². The van der Waals surface area contributed by atoms with E-state index in [0.29, 0.717) is 11.3 Å². The molecule has 0 bridgehead atoms. The molecule has 1 unspecified atom stereocenters. The monoisotopic (exact) mass is 331 g/mol. The van der Waals surface area contributed by atoms with E-state index in [1.54, 1.807) is 24.8 Å². The highest BCUT2D eigenvalue weighted by Crippen LogP contribution is 2.25. The largest absolute Gasteiger partial charge is 0.481 e. The normalized spacial score (nSPS) is 16.8. The van der Waals surface area contributed by atoms with E-state index in [9.17, 15) is 13.2 Å². The van der Waals surface area contributed by atoms with Crippen LogP contribution in [0.2, 0.25) is 0 Å². The molecule has 1 fully saturated rings. The van der Waals surface area contributed by atoms with E-state index in [-0.39, 0.29) is 10.8 Å². The number of amides is 1. The van der Waals surface area contributed by atoms with Crippen LogP contribution in [0.5, 0.6) is 5.75 Å². The minimum absolute atomic E-state index is 0.0424. The Labute approximate surface area is 129 Å². The Bertz CT molecular complexity index is 638. The number of hydrogen-bond donors (Lipinski definition) is 0. The zero-order valence-electron chi connectivity index (χ0n) is 12.0. The molecule has 0 aromatic heterocycles. The molecule has 1 saturated heterocycles. The van der Waals surface area contributed by atoms with Crippen LogP contribution >= 0.6 is 10.7 Å². The molecular weight excluding hydrogens is 314 g/mol. The Balaban J connectivity index is 2.09. The first-order chi connectivity index (χ1) is 9.79. The van der Waals surface area contributed by atoms with Gasteiger partial charge in [0, 0.05) is 23.8 Å². The summed E-state index contributed by atoms with van der Waals surface area (Å²) in [6, 6.07) is 4.47. The highest BCUT2D eigenvalue weighted by atomic mass is 35.7. The summed E-state index contributed by atoms with van der Waals surface area (Å²) in [4.78, 5) is 14.0. The topological polar surface area (TPSA) is 63.7 Å². The van der Waals surface area contributed by atoms with Gasteiger partial charge in [-0.2, -0.15) is 0 Å². The summed E-state index contributed by atoms with van der Waals surface area (Å²) in [6.07, 6.45) is 1.46. The fraction of sp³-hybridized carbons (Fsp3) is 0.500. The lowest BCUT2D eigenvalue weighted by Crippen LogP contribution is -2.38. The Morgan fingerprint density at radius 2 is 1.95 bits per heavy atom. The number of likely N-dealkylation sites (tertiary alicyclic amines) is 1. The fourth-order valence-electron chi connectivity index (χ4n) is 2.42. The molecule has 1 aromatic carbocycles. The lowest BCUT2D eigenvalue weighted by atomic mass is 10.2. The van der Waals surface area contributed by atoms with Crippen molar-refractivity contribution >= 4 is 25.6 Å². The maximum absolute atomic E-state index is 12.1. The maximum atomic E-state index is 12.1. The Hall–Kier alpha value is -1.27. The number of hydrogen-bond acceptors (Lipinski definition) is 4. The van der Waals surface area contributed by atoms with Gasteiger partial charge in [0.2, 0.25) is 0 Å². The molecule has 21 heavy (non-hydrogen) atoms. The number of ether oxygens (including phenoxy) is 1. The van der Waals surface area contributed by atoms with Crippen LogP contribution in [0.3, 0.4) is 0 Å². The summed E-state index contributed by atoms with van der Waals surface area (Å²) in [7, 11) is 1.56. The van der Waals surface area contributed by atoms with Gasteiger partial charge in [0.15, 0.2) is 6.10 Å². The predicted octanol–water partition coefficient (Wildman–Crippen LogP) is 2.31. The third-order valence-corrected chi connectivity index (χ3v) is 4.97. The third kappa shape index (κ3) is 3.89. The van der Waals surface area contributed by atoms with Gasteiger partial charge >= 0.3 is 0 Å². The molecule has 1 aromatic rings. The maximum Gasteiger partial charge on any atom is 0.263 e. The number of nitrogens with zero attached hydrogens (tertiary/aromatic N) is 1. The van der Waals surface area contributed by atoms with E-state index in [4.69, 9.17) is 15.4 Å². The van der Waals surface area contributed by atoms with Gasteiger partial charge in [-0.05, 0) is 50.5 Å². The third-order valence-electron chi connectivity index (χ3n) is 3.49. The molecule has 0 aliphatic carbocycles. The molecule has 0 radical (unpaired) electrons. The molecule has 116 valence electrons. The molecular formula is C14H18ClNO4S. The van der Waals surface area contributed by atoms with Crippen LogP contribution in [0.4, 0.5) is 0 Å². The van der Waals surface area contributed by atoms with Crippen molar-refractivity contribution in [2.24, 2.45) is 0 Å². The summed E-state index contributed by atoms with van der Waals surface area (Å²) < 4.78 is 28.3. The standard InChI is InChI=1S/C14H18ClNO4S/c1-10-9-12(5-6-13(10)21(15,18)19)20-11(2)14(17)16-7-3-4-8-16/h5-6,9,11H,3-4,7-8H2,1-2H3. The molecule has 1 atom stereocenters. The van der Waals surface area contributed by atoms with Crippen LogP contribution in [0.25, 0.3) is 0 Å². The summed E-state index contributed by atoms with van der Waals surface area (Å²) in [5.74, 6) is 0.413. The van der Waals surface area contributed by atoms with Crippen LogP contribution in [-0.2, 0) is 13.8 Å². The smallest absolute Gasteiger partial charge is 0.263 e. The molecule has 1 amide bonds. The summed E-state index contributed by atoms with van der Waals surface area (Å²) in [5.41, 5.74) is 0.489. The van der Waals surface area contributed by atoms with Crippen LogP contribution in [0.15, 0.2) is 23.1 Å². The van der Waals surface area contributed by atoms with Crippen LogP contribution in [0, 0.1) is 6.92 Å². The van der Waals surface area contributed by atoms with Crippen molar-refractivity contribution in [3.05, 3.63) is 23.8 Å². The summed E-state index contributed by atoms with van der Waals surface area (Å²) in [5, 5.41) is 0. The average Bonchev–Trinajstić information content (AvgIpc) is 2.90. The van der Waals surface area contributed by atoms with Gasteiger partial charge in [0.25, 0.3) is 15.0 Å². The predicted molar refractivity (Wildman–Crippen MR) is 80.1 cm³/mol. The molecule has 5 nitrogen and oxygen atoms in total. The lowest BCUT2D eigenvalue weighted by molar-refractivity contribution is -0.136. The first-order valence-corrected chi connectivity index (χ1v) is 9.11. The van der Waals surface area contributed by atoms with E-state index in [2.05, 4.69) is 0 Å². The summed E-state index contributed by atoms with van der Waals surface area (Å²) in [6.45, 7) is 4.88.